The number of amides is 1. The standard InChI is InChI=1S/C16H30N2O2.ClH/c1-11(2)14-12(7-9-20-14)10-18-15(19)13-6-4-5-8-16(13,3)17;/h11-14H,4-10,17H2,1-3H3,(H,18,19);1H. The molecule has 1 saturated heterocycles. The molecule has 0 spiro atoms. The minimum Gasteiger partial charge on any atom is -0.378 e. The van der Waals surface area contributed by atoms with Crippen LogP contribution in [0.5, 0.6) is 0 Å². The summed E-state index contributed by atoms with van der Waals surface area (Å²) in [5.41, 5.74) is 5.96. The third-order valence-corrected chi connectivity index (χ3v) is 5.03. The fraction of sp³-hybridized carbons (Fsp3) is 0.938. The lowest BCUT2D eigenvalue weighted by Gasteiger charge is -2.37. The molecular formula is C16H31ClN2O2. The molecule has 2 fully saturated rings. The van der Waals surface area contributed by atoms with E-state index >= 15 is 0 Å². The molecule has 2 rings (SSSR count). The Kier molecular flexibility index (Phi) is 6.95. The van der Waals surface area contributed by atoms with E-state index in [1.54, 1.807) is 0 Å². The summed E-state index contributed by atoms with van der Waals surface area (Å²) in [6.45, 7) is 7.94. The third kappa shape index (κ3) is 4.57. The van der Waals surface area contributed by atoms with Crippen LogP contribution in [0.1, 0.15) is 52.9 Å². The van der Waals surface area contributed by atoms with Crippen molar-refractivity contribution in [2.45, 2.75) is 64.5 Å². The zero-order valence-corrected chi connectivity index (χ0v) is 14.4. The van der Waals surface area contributed by atoms with Crippen LogP contribution in [0.4, 0.5) is 0 Å². The van der Waals surface area contributed by atoms with Crippen molar-refractivity contribution in [3.05, 3.63) is 0 Å². The van der Waals surface area contributed by atoms with Crippen LogP contribution in [0.2, 0.25) is 0 Å². The van der Waals surface area contributed by atoms with E-state index in [0.29, 0.717) is 11.8 Å². The fourth-order valence-corrected chi connectivity index (χ4v) is 3.75. The molecule has 4 atom stereocenters. The number of hydrogen-bond donors (Lipinski definition) is 2. The van der Waals surface area contributed by atoms with Crippen molar-refractivity contribution in [1.82, 2.24) is 5.32 Å². The van der Waals surface area contributed by atoms with E-state index in [2.05, 4.69) is 19.2 Å². The molecule has 0 aromatic heterocycles. The van der Waals surface area contributed by atoms with Crippen molar-refractivity contribution in [2.24, 2.45) is 23.5 Å². The highest BCUT2D eigenvalue weighted by atomic mass is 35.5. The molecule has 5 heteroatoms. The Morgan fingerprint density at radius 3 is 2.71 bits per heavy atom. The normalized spacial score (nSPS) is 36.3. The number of ether oxygens (including phenoxy) is 1. The van der Waals surface area contributed by atoms with E-state index in [0.717, 1.165) is 45.3 Å². The maximum Gasteiger partial charge on any atom is 0.224 e. The van der Waals surface area contributed by atoms with Crippen molar-refractivity contribution in [1.29, 1.82) is 0 Å². The van der Waals surface area contributed by atoms with Crippen LogP contribution >= 0.6 is 12.4 Å². The van der Waals surface area contributed by atoms with Gasteiger partial charge in [-0.2, -0.15) is 0 Å². The molecular weight excluding hydrogens is 288 g/mol. The van der Waals surface area contributed by atoms with Gasteiger partial charge in [-0.3, -0.25) is 4.79 Å². The van der Waals surface area contributed by atoms with Crippen LogP contribution in [-0.4, -0.2) is 30.7 Å². The Morgan fingerprint density at radius 1 is 1.38 bits per heavy atom. The number of hydrogen-bond acceptors (Lipinski definition) is 3. The number of nitrogens with one attached hydrogen (secondary N) is 1. The van der Waals surface area contributed by atoms with Gasteiger partial charge in [0, 0.05) is 24.6 Å². The molecule has 2 aliphatic rings. The Labute approximate surface area is 135 Å². The van der Waals surface area contributed by atoms with Crippen LogP contribution < -0.4 is 11.1 Å². The minimum atomic E-state index is -0.341. The van der Waals surface area contributed by atoms with E-state index in [1.807, 2.05) is 6.92 Å². The van der Waals surface area contributed by atoms with Crippen molar-refractivity contribution >= 4 is 18.3 Å². The van der Waals surface area contributed by atoms with Crippen molar-refractivity contribution in [3.8, 4) is 0 Å². The average Bonchev–Trinajstić information content (AvgIpc) is 2.83. The molecule has 3 N–H and O–H groups in total. The highest BCUT2D eigenvalue weighted by molar-refractivity contribution is 5.85. The summed E-state index contributed by atoms with van der Waals surface area (Å²) in [5.74, 6) is 1.07. The fourth-order valence-electron chi connectivity index (χ4n) is 3.75. The van der Waals surface area contributed by atoms with E-state index < -0.39 is 0 Å². The maximum absolute atomic E-state index is 12.4. The van der Waals surface area contributed by atoms with Crippen molar-refractivity contribution in [2.75, 3.05) is 13.2 Å². The first-order chi connectivity index (χ1) is 9.42. The van der Waals surface area contributed by atoms with Gasteiger partial charge in [0.05, 0.1) is 12.0 Å². The number of carbonyl (C=O) groups is 1. The third-order valence-electron chi connectivity index (χ3n) is 5.03. The van der Waals surface area contributed by atoms with Crippen LogP contribution in [0.15, 0.2) is 0 Å². The number of nitrogens with two attached hydrogens (primary N) is 1. The minimum absolute atomic E-state index is 0. The summed E-state index contributed by atoms with van der Waals surface area (Å²) in [7, 11) is 0. The quantitative estimate of drug-likeness (QED) is 0.837. The SMILES string of the molecule is CC(C)C1OCCC1CNC(=O)C1CCCCC1(C)N.Cl. The van der Waals surface area contributed by atoms with Gasteiger partial charge in [-0.1, -0.05) is 26.7 Å². The molecule has 1 saturated carbocycles. The number of rotatable bonds is 4. The Bertz CT molecular complexity index is 347. The zero-order valence-electron chi connectivity index (χ0n) is 13.6. The van der Waals surface area contributed by atoms with Crippen LogP contribution in [0.25, 0.3) is 0 Å². The molecule has 1 amide bonds. The molecule has 0 aromatic carbocycles. The second-order valence-corrected chi connectivity index (χ2v) is 7.18. The van der Waals surface area contributed by atoms with E-state index in [1.165, 1.54) is 0 Å². The lowest BCUT2D eigenvalue weighted by atomic mass is 9.74. The largest absolute Gasteiger partial charge is 0.378 e. The average molecular weight is 319 g/mol. The van der Waals surface area contributed by atoms with Gasteiger partial charge < -0.3 is 15.8 Å². The molecule has 4 unspecified atom stereocenters. The molecule has 4 nitrogen and oxygen atoms in total. The summed E-state index contributed by atoms with van der Waals surface area (Å²) < 4.78 is 5.77. The van der Waals surface area contributed by atoms with Gasteiger partial charge in [-0.15, -0.1) is 12.4 Å². The first-order valence-electron chi connectivity index (χ1n) is 8.10. The second-order valence-electron chi connectivity index (χ2n) is 7.18. The lowest BCUT2D eigenvalue weighted by Crippen LogP contribution is -2.53. The molecule has 1 heterocycles. The molecule has 1 aliphatic carbocycles. The number of halogens is 1. The summed E-state index contributed by atoms with van der Waals surface area (Å²) >= 11 is 0. The van der Waals surface area contributed by atoms with Crippen molar-refractivity contribution < 1.29 is 9.53 Å². The topological polar surface area (TPSA) is 64.3 Å². The summed E-state index contributed by atoms with van der Waals surface area (Å²) in [5, 5.41) is 3.14. The molecule has 0 radical (unpaired) electrons. The van der Waals surface area contributed by atoms with Crippen LogP contribution in [0.3, 0.4) is 0 Å². The van der Waals surface area contributed by atoms with Gasteiger partial charge in [0.1, 0.15) is 0 Å². The predicted molar refractivity (Wildman–Crippen MR) is 87.5 cm³/mol. The molecule has 21 heavy (non-hydrogen) atoms. The van der Waals surface area contributed by atoms with Gasteiger partial charge in [0.25, 0.3) is 0 Å². The summed E-state index contributed by atoms with van der Waals surface area (Å²) in [4.78, 5) is 12.4. The Hall–Kier alpha value is -0.320. The Balaban J connectivity index is 0.00000220. The monoisotopic (exact) mass is 318 g/mol. The maximum atomic E-state index is 12.4. The van der Waals surface area contributed by atoms with Gasteiger partial charge in [-0.05, 0) is 32.1 Å². The van der Waals surface area contributed by atoms with E-state index in [-0.39, 0.29) is 35.9 Å². The first kappa shape index (κ1) is 18.7. The van der Waals surface area contributed by atoms with Crippen LogP contribution in [-0.2, 0) is 9.53 Å². The lowest BCUT2D eigenvalue weighted by molar-refractivity contribution is -0.128. The second kappa shape index (κ2) is 7.80. The molecule has 0 aromatic rings. The van der Waals surface area contributed by atoms with Gasteiger partial charge in [0.2, 0.25) is 5.91 Å². The zero-order chi connectivity index (χ0) is 14.8. The van der Waals surface area contributed by atoms with Gasteiger partial charge in [0.15, 0.2) is 0 Å². The molecule has 0 bridgehead atoms. The van der Waals surface area contributed by atoms with E-state index in [4.69, 9.17) is 10.5 Å². The highest BCUT2D eigenvalue weighted by Gasteiger charge is 2.38. The summed E-state index contributed by atoms with van der Waals surface area (Å²) in [6, 6.07) is 0. The van der Waals surface area contributed by atoms with Gasteiger partial charge in [-0.25, -0.2) is 0 Å². The highest BCUT2D eigenvalue weighted by Crippen LogP contribution is 2.32. The Morgan fingerprint density at radius 2 is 2.10 bits per heavy atom. The van der Waals surface area contributed by atoms with Crippen LogP contribution in [0, 0.1) is 17.8 Å². The predicted octanol–water partition coefficient (Wildman–Crippen LogP) is 2.49. The molecule has 124 valence electrons. The van der Waals surface area contributed by atoms with Crippen molar-refractivity contribution in [3.63, 3.8) is 0 Å². The smallest absolute Gasteiger partial charge is 0.224 e. The number of carbonyl (C=O) groups excluding carboxylic acids is 1. The van der Waals surface area contributed by atoms with Gasteiger partial charge >= 0.3 is 0 Å². The first-order valence-corrected chi connectivity index (χ1v) is 8.10. The van der Waals surface area contributed by atoms with E-state index in [9.17, 15) is 4.79 Å². The summed E-state index contributed by atoms with van der Waals surface area (Å²) in [6.07, 6.45) is 5.47. The molecule has 1 aliphatic heterocycles.